The van der Waals surface area contributed by atoms with E-state index in [1.165, 1.54) is 13.3 Å². The third-order valence-electron chi connectivity index (χ3n) is 1.32. The first-order valence-electron chi connectivity index (χ1n) is 3.32. The highest BCUT2D eigenvalue weighted by Crippen LogP contribution is 2.07. The summed E-state index contributed by atoms with van der Waals surface area (Å²) in [6, 6.07) is 0. The van der Waals surface area contributed by atoms with Crippen LogP contribution in [0.1, 0.15) is 16.3 Å². The van der Waals surface area contributed by atoms with Gasteiger partial charge in [0.2, 0.25) is 0 Å². The van der Waals surface area contributed by atoms with Crippen LogP contribution in [0.25, 0.3) is 0 Å². The molecule has 12 heavy (non-hydrogen) atoms. The third-order valence-corrected chi connectivity index (χ3v) is 1.32. The maximum absolute atomic E-state index is 11.0. The lowest BCUT2D eigenvalue weighted by molar-refractivity contribution is 0.0595. The second kappa shape index (κ2) is 3.17. The minimum Gasteiger partial charge on any atom is -0.464 e. The molecule has 0 aliphatic rings. The van der Waals surface area contributed by atoms with Gasteiger partial charge in [-0.05, 0) is 6.92 Å². The molecule has 0 radical (unpaired) electrons. The van der Waals surface area contributed by atoms with Crippen LogP contribution in [0.2, 0.25) is 0 Å². The summed E-state index contributed by atoms with van der Waals surface area (Å²) in [7, 11) is 1.28. The lowest BCUT2D eigenvalue weighted by Gasteiger charge is -2.01. The van der Waals surface area contributed by atoms with Crippen molar-refractivity contribution >= 4 is 11.7 Å². The summed E-state index contributed by atoms with van der Waals surface area (Å²) in [5.74, 6) is -0.0531. The summed E-state index contributed by atoms with van der Waals surface area (Å²) in [5, 5.41) is 0. The van der Waals surface area contributed by atoms with Gasteiger partial charge in [0.15, 0.2) is 5.69 Å². The van der Waals surface area contributed by atoms with Crippen molar-refractivity contribution in [1.29, 1.82) is 0 Å². The van der Waals surface area contributed by atoms with Crippen LogP contribution in [0.5, 0.6) is 0 Å². The van der Waals surface area contributed by atoms with Crippen LogP contribution < -0.4 is 5.73 Å². The predicted molar refractivity (Wildman–Crippen MR) is 42.5 cm³/mol. The first-order chi connectivity index (χ1) is 5.65. The molecule has 5 heteroatoms. The van der Waals surface area contributed by atoms with Crippen LogP contribution in [-0.2, 0) is 4.74 Å². The van der Waals surface area contributed by atoms with Gasteiger partial charge in [0.05, 0.1) is 19.0 Å². The van der Waals surface area contributed by atoms with E-state index in [9.17, 15) is 4.79 Å². The van der Waals surface area contributed by atoms with E-state index < -0.39 is 5.97 Å². The largest absolute Gasteiger partial charge is 0.464 e. The zero-order valence-electron chi connectivity index (χ0n) is 6.87. The van der Waals surface area contributed by atoms with E-state index >= 15 is 0 Å². The highest BCUT2D eigenvalue weighted by molar-refractivity contribution is 5.92. The van der Waals surface area contributed by atoms with Crippen LogP contribution in [0.4, 0.5) is 5.69 Å². The van der Waals surface area contributed by atoms with Crippen molar-refractivity contribution in [1.82, 2.24) is 9.97 Å². The molecule has 0 aliphatic heterocycles. The van der Waals surface area contributed by atoms with Gasteiger partial charge in [0, 0.05) is 0 Å². The maximum atomic E-state index is 11.0. The number of aromatic nitrogens is 2. The molecule has 0 aromatic carbocycles. The van der Waals surface area contributed by atoms with Gasteiger partial charge in [0.25, 0.3) is 0 Å². The minimum absolute atomic E-state index is 0.116. The van der Waals surface area contributed by atoms with E-state index in [1.807, 2.05) is 0 Å². The van der Waals surface area contributed by atoms with Gasteiger partial charge in [-0.1, -0.05) is 0 Å². The van der Waals surface area contributed by atoms with E-state index in [4.69, 9.17) is 5.73 Å². The number of carbonyl (C=O) groups excluding carboxylic acids is 1. The molecule has 5 nitrogen and oxygen atoms in total. The molecule has 0 aliphatic carbocycles. The summed E-state index contributed by atoms with van der Waals surface area (Å²) in [5.41, 5.74) is 5.78. The summed E-state index contributed by atoms with van der Waals surface area (Å²) < 4.78 is 4.46. The second-order valence-corrected chi connectivity index (χ2v) is 2.21. The number of hydrogen-bond acceptors (Lipinski definition) is 5. The van der Waals surface area contributed by atoms with Crippen molar-refractivity contribution in [3.05, 3.63) is 17.7 Å². The van der Waals surface area contributed by atoms with E-state index in [2.05, 4.69) is 14.7 Å². The van der Waals surface area contributed by atoms with Crippen LogP contribution in [0.15, 0.2) is 6.20 Å². The Balaban J connectivity index is 3.13. The fourth-order valence-corrected chi connectivity index (χ4v) is 0.739. The Morgan fingerprint density at radius 1 is 1.67 bits per heavy atom. The standard InChI is InChI=1S/C7H9N3O2/c1-4-9-3-5(8)6(10-4)7(11)12-2/h3H,8H2,1-2H3. The van der Waals surface area contributed by atoms with Crippen molar-refractivity contribution in [3.63, 3.8) is 0 Å². The summed E-state index contributed by atoms with van der Waals surface area (Å²) in [4.78, 5) is 18.6. The zero-order chi connectivity index (χ0) is 9.14. The van der Waals surface area contributed by atoms with Gasteiger partial charge >= 0.3 is 5.97 Å². The lowest BCUT2D eigenvalue weighted by Crippen LogP contribution is -2.10. The van der Waals surface area contributed by atoms with Gasteiger partial charge in [-0.15, -0.1) is 0 Å². The molecule has 64 valence electrons. The monoisotopic (exact) mass is 167 g/mol. The fraction of sp³-hybridized carbons (Fsp3) is 0.286. The average Bonchev–Trinajstić information content (AvgIpc) is 2.08. The number of carbonyl (C=O) groups is 1. The molecule has 0 saturated heterocycles. The van der Waals surface area contributed by atoms with Gasteiger partial charge in [-0.25, -0.2) is 14.8 Å². The molecule has 0 amide bonds. The molecule has 2 N–H and O–H groups in total. The number of methoxy groups -OCH3 is 1. The maximum Gasteiger partial charge on any atom is 0.358 e. The molecule has 0 fully saturated rings. The molecular weight excluding hydrogens is 158 g/mol. The second-order valence-electron chi connectivity index (χ2n) is 2.21. The molecule has 0 unspecified atom stereocenters. The number of aryl methyl sites for hydroxylation is 1. The Bertz CT molecular complexity index is 312. The number of esters is 1. The highest BCUT2D eigenvalue weighted by atomic mass is 16.5. The predicted octanol–water partition coefficient (Wildman–Crippen LogP) is 0.154. The summed E-state index contributed by atoms with van der Waals surface area (Å²) in [6.45, 7) is 1.67. The Kier molecular flexibility index (Phi) is 2.23. The molecule has 0 spiro atoms. The van der Waals surface area contributed by atoms with Gasteiger partial charge in [0.1, 0.15) is 5.82 Å². The fourth-order valence-electron chi connectivity index (χ4n) is 0.739. The number of hydrogen-bond donors (Lipinski definition) is 1. The molecule has 0 bridgehead atoms. The zero-order valence-corrected chi connectivity index (χ0v) is 6.87. The normalized spacial score (nSPS) is 9.50. The Hall–Kier alpha value is -1.65. The first kappa shape index (κ1) is 8.45. The highest BCUT2D eigenvalue weighted by Gasteiger charge is 2.11. The van der Waals surface area contributed by atoms with Gasteiger partial charge in [-0.3, -0.25) is 0 Å². The number of nitrogens with zero attached hydrogens (tertiary/aromatic N) is 2. The number of anilines is 1. The molecule has 0 atom stereocenters. The first-order valence-corrected chi connectivity index (χ1v) is 3.32. The van der Waals surface area contributed by atoms with Crippen molar-refractivity contribution in [2.24, 2.45) is 0 Å². The lowest BCUT2D eigenvalue weighted by atomic mass is 10.3. The van der Waals surface area contributed by atoms with Crippen LogP contribution in [-0.4, -0.2) is 23.0 Å². The molecule has 0 saturated carbocycles. The van der Waals surface area contributed by atoms with Crippen molar-refractivity contribution in [3.8, 4) is 0 Å². The third kappa shape index (κ3) is 1.50. The summed E-state index contributed by atoms with van der Waals surface area (Å²) >= 11 is 0. The van der Waals surface area contributed by atoms with E-state index in [0.717, 1.165) is 0 Å². The van der Waals surface area contributed by atoms with Gasteiger partial charge in [-0.2, -0.15) is 0 Å². The van der Waals surface area contributed by atoms with Crippen molar-refractivity contribution < 1.29 is 9.53 Å². The minimum atomic E-state index is -0.544. The Labute approximate surface area is 69.6 Å². The number of ether oxygens (including phenoxy) is 1. The smallest absolute Gasteiger partial charge is 0.358 e. The molecule has 1 aromatic heterocycles. The van der Waals surface area contributed by atoms with Gasteiger partial charge < -0.3 is 10.5 Å². The molecular formula is C7H9N3O2. The van der Waals surface area contributed by atoms with Crippen LogP contribution in [0, 0.1) is 6.92 Å². The van der Waals surface area contributed by atoms with Crippen LogP contribution >= 0.6 is 0 Å². The van der Waals surface area contributed by atoms with E-state index in [0.29, 0.717) is 5.82 Å². The molecule has 1 rings (SSSR count). The number of nitrogen functional groups attached to an aromatic ring is 1. The van der Waals surface area contributed by atoms with E-state index in [1.54, 1.807) is 6.92 Å². The SMILES string of the molecule is COC(=O)c1nc(C)ncc1N. The van der Waals surface area contributed by atoms with Crippen LogP contribution in [0.3, 0.4) is 0 Å². The van der Waals surface area contributed by atoms with Crippen molar-refractivity contribution in [2.45, 2.75) is 6.92 Å². The average molecular weight is 167 g/mol. The van der Waals surface area contributed by atoms with Crippen molar-refractivity contribution in [2.75, 3.05) is 12.8 Å². The summed E-state index contributed by atoms with van der Waals surface area (Å²) in [6.07, 6.45) is 1.38. The molecule has 1 heterocycles. The topological polar surface area (TPSA) is 78.1 Å². The number of nitrogens with two attached hydrogens (primary N) is 1. The Morgan fingerprint density at radius 3 is 2.92 bits per heavy atom. The quantitative estimate of drug-likeness (QED) is 0.602. The Morgan fingerprint density at radius 2 is 2.33 bits per heavy atom. The van der Waals surface area contributed by atoms with E-state index in [-0.39, 0.29) is 11.4 Å². The molecule has 1 aromatic rings. The number of rotatable bonds is 1.